The fourth-order valence-electron chi connectivity index (χ4n) is 5.98. The lowest BCUT2D eigenvalue weighted by atomic mass is 10.00. The molecule has 3 aromatic heterocycles. The summed E-state index contributed by atoms with van der Waals surface area (Å²) in [4.78, 5) is 0. The van der Waals surface area contributed by atoms with Crippen LogP contribution in [0.5, 0.6) is 0 Å². The third kappa shape index (κ3) is 1.69. The highest BCUT2D eigenvalue weighted by atomic mass is 15.0. The van der Waals surface area contributed by atoms with E-state index in [9.17, 15) is 0 Å². The largest absolute Gasteiger partial charge is 0.343 e. The van der Waals surface area contributed by atoms with Gasteiger partial charge in [-0.25, -0.2) is 0 Å². The van der Waals surface area contributed by atoms with Crippen molar-refractivity contribution in [3.8, 4) is 0 Å². The van der Waals surface area contributed by atoms with Crippen molar-refractivity contribution in [3.05, 3.63) is 91.0 Å². The number of para-hydroxylation sites is 2. The van der Waals surface area contributed by atoms with E-state index in [4.69, 9.17) is 0 Å². The summed E-state index contributed by atoms with van der Waals surface area (Å²) >= 11 is 0. The Hall–Kier alpha value is -4.04. The molecule has 0 aliphatic carbocycles. The number of hydrogen-bond acceptors (Lipinski definition) is 0. The monoisotopic (exact) mass is 394 g/mol. The number of rotatable bonds is 0. The molecule has 3 heterocycles. The number of aromatic nitrogens is 2. The first kappa shape index (κ1) is 15.8. The van der Waals surface area contributed by atoms with Crippen LogP contribution in [0.2, 0.25) is 0 Å². The Morgan fingerprint density at radius 3 is 1.97 bits per heavy atom. The minimum Gasteiger partial charge on any atom is -0.343 e. The van der Waals surface area contributed by atoms with Crippen LogP contribution < -0.4 is 0 Å². The molecule has 0 saturated heterocycles. The highest BCUT2D eigenvalue weighted by Gasteiger charge is 2.23. The van der Waals surface area contributed by atoms with Crippen molar-refractivity contribution in [2.75, 3.05) is 0 Å². The summed E-state index contributed by atoms with van der Waals surface area (Å²) in [6.07, 6.45) is 0. The molecule has 2 nitrogen and oxygen atoms in total. The number of nitrogens with zero attached hydrogens (tertiary/aromatic N) is 2. The Balaban J connectivity index is 1.86. The van der Waals surface area contributed by atoms with Gasteiger partial charge in [0.05, 0.1) is 22.1 Å². The topological polar surface area (TPSA) is 9.34 Å². The smallest absolute Gasteiger partial charge is 0.0642 e. The van der Waals surface area contributed by atoms with Crippen molar-refractivity contribution < 1.29 is 0 Å². The van der Waals surface area contributed by atoms with Crippen LogP contribution in [0, 0.1) is 0 Å². The van der Waals surface area contributed by atoms with Gasteiger partial charge < -0.3 is 8.97 Å². The van der Waals surface area contributed by atoms with Crippen LogP contribution in [0.4, 0.5) is 0 Å². The summed E-state index contributed by atoms with van der Waals surface area (Å²) in [5, 5.41) is 10.7. The van der Waals surface area contributed by atoms with Crippen molar-refractivity contribution >= 4 is 70.7 Å². The van der Waals surface area contributed by atoms with Gasteiger partial charge >= 0.3 is 0 Å². The summed E-state index contributed by atoms with van der Waals surface area (Å²) in [6.45, 7) is 0. The first-order chi connectivity index (χ1) is 15.3. The molecule has 0 aliphatic rings. The molecule has 31 heavy (non-hydrogen) atoms. The van der Waals surface area contributed by atoms with E-state index in [-0.39, 0.29) is 0 Å². The number of aryl methyl sites for hydroxylation is 1. The van der Waals surface area contributed by atoms with Gasteiger partial charge in [-0.2, -0.15) is 0 Å². The molecule has 0 amide bonds. The summed E-state index contributed by atoms with van der Waals surface area (Å²) in [6, 6.07) is 33.4. The van der Waals surface area contributed by atoms with E-state index >= 15 is 0 Å². The maximum absolute atomic E-state index is 2.48. The highest BCUT2D eigenvalue weighted by Crippen LogP contribution is 2.46. The highest BCUT2D eigenvalue weighted by molar-refractivity contribution is 6.37. The van der Waals surface area contributed by atoms with E-state index < -0.39 is 0 Å². The van der Waals surface area contributed by atoms with Crippen LogP contribution >= 0.6 is 0 Å². The maximum Gasteiger partial charge on any atom is 0.0642 e. The molecule has 5 aromatic carbocycles. The molecule has 0 bridgehead atoms. The SMILES string of the molecule is Cn1c2ccccc2c2cc3c4ccccc4n4c5ccc6ccccc6c5c(c21)c34. The van der Waals surface area contributed by atoms with Crippen molar-refractivity contribution in [3.63, 3.8) is 0 Å². The van der Waals surface area contributed by atoms with Crippen molar-refractivity contribution in [1.29, 1.82) is 0 Å². The molecule has 0 aliphatic heterocycles. The lowest BCUT2D eigenvalue weighted by Crippen LogP contribution is -1.87. The molecule has 0 atom stereocenters. The second-order valence-electron chi connectivity index (χ2n) is 8.65. The Morgan fingerprint density at radius 2 is 1.13 bits per heavy atom. The van der Waals surface area contributed by atoms with Gasteiger partial charge in [-0.1, -0.05) is 66.7 Å². The van der Waals surface area contributed by atoms with E-state index in [1.165, 1.54) is 70.7 Å². The van der Waals surface area contributed by atoms with Crippen molar-refractivity contribution in [2.45, 2.75) is 0 Å². The van der Waals surface area contributed by atoms with Crippen molar-refractivity contribution in [2.24, 2.45) is 7.05 Å². The van der Waals surface area contributed by atoms with Crippen LogP contribution in [-0.2, 0) is 7.05 Å². The molecule has 0 saturated carbocycles. The van der Waals surface area contributed by atoms with Gasteiger partial charge in [0.2, 0.25) is 0 Å². The van der Waals surface area contributed by atoms with Gasteiger partial charge in [0.1, 0.15) is 0 Å². The van der Waals surface area contributed by atoms with Gasteiger partial charge in [0.15, 0.2) is 0 Å². The normalized spacial score (nSPS) is 12.7. The predicted molar refractivity (Wildman–Crippen MR) is 133 cm³/mol. The van der Waals surface area contributed by atoms with Crippen LogP contribution in [0.25, 0.3) is 70.7 Å². The molecule has 144 valence electrons. The quantitative estimate of drug-likeness (QED) is 0.250. The Kier molecular flexibility index (Phi) is 2.62. The zero-order valence-electron chi connectivity index (χ0n) is 17.1. The van der Waals surface area contributed by atoms with Crippen LogP contribution in [0.3, 0.4) is 0 Å². The van der Waals surface area contributed by atoms with Gasteiger partial charge in [-0.05, 0) is 35.0 Å². The summed E-state index contributed by atoms with van der Waals surface area (Å²) in [5.41, 5.74) is 6.52. The summed E-state index contributed by atoms with van der Waals surface area (Å²) in [7, 11) is 2.21. The van der Waals surface area contributed by atoms with E-state index in [2.05, 4.69) is 107 Å². The van der Waals surface area contributed by atoms with Gasteiger partial charge in [0, 0.05) is 44.9 Å². The fourth-order valence-corrected chi connectivity index (χ4v) is 5.98. The minimum absolute atomic E-state index is 1.28. The number of benzene rings is 5. The third-order valence-electron chi connectivity index (χ3n) is 7.22. The fraction of sp³-hybridized carbons (Fsp3) is 0.0345. The summed E-state index contributed by atoms with van der Waals surface area (Å²) < 4.78 is 4.87. The molecular weight excluding hydrogens is 376 g/mol. The lowest BCUT2D eigenvalue weighted by molar-refractivity contribution is 1.02. The van der Waals surface area contributed by atoms with E-state index in [1.54, 1.807) is 0 Å². The average Bonchev–Trinajstić information content (AvgIpc) is 3.44. The molecule has 0 spiro atoms. The lowest BCUT2D eigenvalue weighted by Gasteiger charge is -2.05. The second-order valence-corrected chi connectivity index (χ2v) is 8.65. The molecule has 0 fully saturated rings. The van der Waals surface area contributed by atoms with Gasteiger partial charge in [0.25, 0.3) is 0 Å². The zero-order valence-corrected chi connectivity index (χ0v) is 17.1. The van der Waals surface area contributed by atoms with E-state index in [1.807, 2.05) is 0 Å². The van der Waals surface area contributed by atoms with Crippen LogP contribution in [0.1, 0.15) is 0 Å². The maximum atomic E-state index is 2.48. The van der Waals surface area contributed by atoms with Gasteiger partial charge in [-0.15, -0.1) is 0 Å². The first-order valence-electron chi connectivity index (χ1n) is 10.8. The summed E-state index contributed by atoms with van der Waals surface area (Å²) in [5.74, 6) is 0. The third-order valence-corrected chi connectivity index (χ3v) is 7.22. The second kappa shape index (κ2) is 5.16. The van der Waals surface area contributed by atoms with Crippen LogP contribution in [0.15, 0.2) is 91.0 Å². The predicted octanol–water partition coefficient (Wildman–Crippen LogP) is 7.63. The van der Waals surface area contributed by atoms with E-state index in [0.29, 0.717) is 0 Å². The standard InChI is InChI=1S/C29H18N2/c1-30-23-12-6-4-10-19(23)21-16-22-20-11-5-7-13-24(20)31-25-15-14-17-8-2-3-9-18(17)26(25)27(28(21)30)29(22)31/h2-16H,1H3. The molecule has 2 heteroatoms. The number of fused-ring (bicyclic) bond motifs is 12. The molecule has 8 rings (SSSR count). The number of hydrogen-bond donors (Lipinski definition) is 0. The molecular formula is C29H18N2. The molecule has 0 unspecified atom stereocenters. The minimum atomic E-state index is 1.28. The molecule has 0 radical (unpaired) electrons. The average molecular weight is 394 g/mol. The van der Waals surface area contributed by atoms with E-state index in [0.717, 1.165) is 0 Å². The molecule has 8 aromatic rings. The zero-order chi connectivity index (χ0) is 20.3. The first-order valence-corrected chi connectivity index (χ1v) is 10.8. The Labute approximate surface area is 177 Å². The van der Waals surface area contributed by atoms with Crippen molar-refractivity contribution in [1.82, 2.24) is 8.97 Å². The van der Waals surface area contributed by atoms with Gasteiger partial charge in [-0.3, -0.25) is 0 Å². The Bertz CT molecular complexity index is 2000. The Morgan fingerprint density at radius 1 is 0.484 bits per heavy atom. The molecule has 0 N–H and O–H groups in total. The van der Waals surface area contributed by atoms with Crippen LogP contribution in [-0.4, -0.2) is 8.97 Å².